The number of likely N-dealkylation sites (tertiary alicyclic amines) is 1. The minimum absolute atomic E-state index is 0.0403. The molecule has 1 amide bonds. The number of methoxy groups -OCH3 is 1. The Bertz CT molecular complexity index is 344. The van der Waals surface area contributed by atoms with Gasteiger partial charge in [-0.2, -0.15) is 0 Å². The van der Waals surface area contributed by atoms with Gasteiger partial charge in [0.25, 0.3) is 0 Å². The van der Waals surface area contributed by atoms with E-state index in [1.807, 2.05) is 25.7 Å². The number of hydrogen-bond acceptors (Lipinski definition) is 5. The van der Waals surface area contributed by atoms with Gasteiger partial charge in [-0.15, -0.1) is 0 Å². The number of nitrogens with zero attached hydrogens (tertiary/aromatic N) is 1. The van der Waals surface area contributed by atoms with Crippen molar-refractivity contribution in [2.75, 3.05) is 26.9 Å². The second-order valence-electron chi connectivity index (χ2n) is 7.11. The van der Waals surface area contributed by atoms with Crippen LogP contribution < -0.4 is 5.32 Å². The maximum absolute atomic E-state index is 12.3. The molecule has 6 heteroatoms. The van der Waals surface area contributed by atoms with Crippen molar-refractivity contribution in [2.45, 2.75) is 70.7 Å². The van der Waals surface area contributed by atoms with Gasteiger partial charge in [0.15, 0.2) is 0 Å². The van der Waals surface area contributed by atoms with Gasteiger partial charge in [-0.05, 0) is 47.0 Å². The molecule has 0 aliphatic carbocycles. The van der Waals surface area contributed by atoms with Gasteiger partial charge in [-0.3, -0.25) is 0 Å². The van der Waals surface area contributed by atoms with Crippen LogP contribution in [0.15, 0.2) is 0 Å². The van der Waals surface area contributed by atoms with Crippen molar-refractivity contribution in [3.05, 3.63) is 0 Å². The van der Waals surface area contributed by atoms with Crippen LogP contribution in [0.4, 0.5) is 4.79 Å². The number of nitrogens with one attached hydrogen (secondary N) is 1. The highest BCUT2D eigenvalue weighted by atomic mass is 16.6. The first-order chi connectivity index (χ1) is 10.3. The lowest BCUT2D eigenvalue weighted by atomic mass is 10.1. The van der Waals surface area contributed by atoms with Crippen LogP contribution in [0.2, 0.25) is 0 Å². The lowest BCUT2D eigenvalue weighted by Crippen LogP contribution is -2.46. The lowest BCUT2D eigenvalue weighted by Gasteiger charge is -2.31. The summed E-state index contributed by atoms with van der Waals surface area (Å²) in [5.74, 6) is 0. The van der Waals surface area contributed by atoms with E-state index >= 15 is 0 Å². The van der Waals surface area contributed by atoms with Crippen LogP contribution in [0.1, 0.15) is 47.0 Å². The van der Waals surface area contributed by atoms with Crippen molar-refractivity contribution in [2.24, 2.45) is 0 Å². The molecule has 3 atom stereocenters. The first-order valence-corrected chi connectivity index (χ1v) is 8.12. The molecule has 1 aliphatic heterocycles. The van der Waals surface area contributed by atoms with Gasteiger partial charge in [0.05, 0.1) is 19.3 Å². The maximum atomic E-state index is 12.3. The smallest absolute Gasteiger partial charge is 0.410 e. The molecule has 2 N–H and O–H groups in total. The molecule has 1 aliphatic rings. The van der Waals surface area contributed by atoms with E-state index in [-0.39, 0.29) is 30.8 Å². The van der Waals surface area contributed by atoms with Gasteiger partial charge in [0, 0.05) is 25.7 Å². The third-order valence-electron chi connectivity index (χ3n) is 3.74. The minimum Gasteiger partial charge on any atom is -0.444 e. The summed E-state index contributed by atoms with van der Waals surface area (Å²) in [4.78, 5) is 14.1. The Hall–Kier alpha value is -0.850. The van der Waals surface area contributed by atoms with Crippen LogP contribution in [0.5, 0.6) is 0 Å². The lowest BCUT2D eigenvalue weighted by molar-refractivity contribution is 0.0211. The van der Waals surface area contributed by atoms with Gasteiger partial charge < -0.3 is 24.8 Å². The first kappa shape index (κ1) is 19.2. The SMILES string of the molecule is COC[C@H](CO)N[C@H](C)C[C@H]1CCCN1C(=O)OC(C)(C)C. The molecule has 0 aromatic heterocycles. The van der Waals surface area contributed by atoms with E-state index < -0.39 is 5.60 Å². The molecule has 0 bridgehead atoms. The first-order valence-electron chi connectivity index (χ1n) is 8.12. The van der Waals surface area contributed by atoms with Gasteiger partial charge in [0.2, 0.25) is 0 Å². The van der Waals surface area contributed by atoms with Crippen molar-refractivity contribution in [1.29, 1.82) is 0 Å². The molecule has 0 aromatic carbocycles. The molecule has 0 radical (unpaired) electrons. The molecule has 130 valence electrons. The summed E-state index contributed by atoms with van der Waals surface area (Å²) < 4.78 is 10.6. The van der Waals surface area contributed by atoms with Crippen LogP contribution >= 0.6 is 0 Å². The molecule has 0 spiro atoms. The van der Waals surface area contributed by atoms with Crippen molar-refractivity contribution < 1.29 is 19.4 Å². The molecule has 1 fully saturated rings. The highest BCUT2D eigenvalue weighted by Crippen LogP contribution is 2.24. The van der Waals surface area contributed by atoms with Crippen LogP contribution in [-0.2, 0) is 9.47 Å². The predicted octanol–water partition coefficient (Wildman–Crippen LogP) is 1.76. The number of aliphatic hydroxyl groups is 1. The Kier molecular flexibility index (Phi) is 7.59. The molecule has 1 rings (SSSR count). The fraction of sp³-hybridized carbons (Fsp3) is 0.938. The average molecular weight is 316 g/mol. The third-order valence-corrected chi connectivity index (χ3v) is 3.74. The fourth-order valence-corrected chi connectivity index (χ4v) is 2.87. The second-order valence-corrected chi connectivity index (χ2v) is 7.11. The van der Waals surface area contributed by atoms with Crippen LogP contribution in [0.25, 0.3) is 0 Å². The number of amides is 1. The summed E-state index contributed by atoms with van der Waals surface area (Å²) in [6.07, 6.45) is 2.63. The highest BCUT2D eigenvalue weighted by molar-refractivity contribution is 5.68. The number of rotatable bonds is 7. The van der Waals surface area contributed by atoms with Crippen molar-refractivity contribution in [1.82, 2.24) is 10.2 Å². The topological polar surface area (TPSA) is 71.0 Å². The number of aliphatic hydroxyl groups excluding tert-OH is 1. The van der Waals surface area contributed by atoms with E-state index in [4.69, 9.17) is 9.47 Å². The molecule has 1 saturated heterocycles. The summed E-state index contributed by atoms with van der Waals surface area (Å²) in [5, 5.41) is 12.7. The molecule has 0 saturated carbocycles. The number of hydrogen-bond donors (Lipinski definition) is 2. The molecular weight excluding hydrogens is 284 g/mol. The summed E-state index contributed by atoms with van der Waals surface area (Å²) in [6.45, 7) is 9.00. The van der Waals surface area contributed by atoms with E-state index in [0.29, 0.717) is 6.61 Å². The molecule has 1 heterocycles. The summed E-state index contributed by atoms with van der Waals surface area (Å²) in [7, 11) is 1.62. The predicted molar refractivity (Wildman–Crippen MR) is 85.9 cm³/mol. The van der Waals surface area contributed by atoms with Crippen LogP contribution in [0, 0.1) is 0 Å². The van der Waals surface area contributed by atoms with Crippen LogP contribution in [0.3, 0.4) is 0 Å². The van der Waals surface area contributed by atoms with E-state index in [0.717, 1.165) is 25.8 Å². The molecular formula is C16H32N2O4. The summed E-state index contributed by atoms with van der Waals surface area (Å²) in [5.41, 5.74) is -0.464. The highest BCUT2D eigenvalue weighted by Gasteiger charge is 2.33. The van der Waals surface area contributed by atoms with E-state index in [1.165, 1.54) is 0 Å². The van der Waals surface area contributed by atoms with Gasteiger partial charge in [-0.25, -0.2) is 4.79 Å². The molecule has 0 aromatic rings. The number of carbonyl (C=O) groups excluding carboxylic acids is 1. The maximum Gasteiger partial charge on any atom is 0.410 e. The van der Waals surface area contributed by atoms with Gasteiger partial charge in [-0.1, -0.05) is 0 Å². The molecule has 6 nitrogen and oxygen atoms in total. The van der Waals surface area contributed by atoms with E-state index in [9.17, 15) is 9.90 Å². The fourth-order valence-electron chi connectivity index (χ4n) is 2.87. The molecule has 0 unspecified atom stereocenters. The zero-order valence-electron chi connectivity index (χ0n) is 14.6. The Balaban J connectivity index is 2.50. The number of ether oxygens (including phenoxy) is 2. The number of carbonyl (C=O) groups is 1. The van der Waals surface area contributed by atoms with Crippen molar-refractivity contribution in [3.63, 3.8) is 0 Å². The Morgan fingerprint density at radius 3 is 2.68 bits per heavy atom. The van der Waals surface area contributed by atoms with Gasteiger partial charge >= 0.3 is 6.09 Å². The average Bonchev–Trinajstić information content (AvgIpc) is 2.84. The van der Waals surface area contributed by atoms with Crippen molar-refractivity contribution >= 4 is 6.09 Å². The third kappa shape index (κ3) is 6.50. The van der Waals surface area contributed by atoms with Gasteiger partial charge in [0.1, 0.15) is 5.60 Å². The largest absolute Gasteiger partial charge is 0.444 e. The van der Waals surface area contributed by atoms with Crippen molar-refractivity contribution in [3.8, 4) is 0 Å². The second kappa shape index (κ2) is 8.70. The quantitative estimate of drug-likeness (QED) is 0.749. The van der Waals surface area contributed by atoms with E-state index in [1.54, 1.807) is 7.11 Å². The summed E-state index contributed by atoms with van der Waals surface area (Å²) >= 11 is 0. The normalized spacial score (nSPS) is 21.7. The Labute approximate surface area is 134 Å². The molecule has 22 heavy (non-hydrogen) atoms. The van der Waals surface area contributed by atoms with E-state index in [2.05, 4.69) is 12.2 Å². The minimum atomic E-state index is -0.464. The van der Waals surface area contributed by atoms with Crippen LogP contribution in [-0.4, -0.2) is 66.7 Å². The monoisotopic (exact) mass is 316 g/mol. The zero-order valence-corrected chi connectivity index (χ0v) is 14.6. The zero-order chi connectivity index (χ0) is 16.8. The Morgan fingerprint density at radius 1 is 1.45 bits per heavy atom. The standard InChI is InChI=1S/C16H32N2O4/c1-12(17-13(10-19)11-21-5)9-14-7-6-8-18(14)15(20)22-16(2,3)4/h12-14,17,19H,6-11H2,1-5H3/t12-,13+,14-/m1/s1. The Morgan fingerprint density at radius 2 is 2.14 bits per heavy atom. The summed E-state index contributed by atoms with van der Waals surface area (Å²) in [6, 6.07) is 0.316.